The Kier molecular flexibility index (Phi) is 5.83. The summed E-state index contributed by atoms with van der Waals surface area (Å²) in [4.78, 5) is 37.1. The Bertz CT molecular complexity index is 1470. The maximum atomic E-state index is 13.8. The van der Waals surface area contributed by atoms with E-state index >= 15 is 0 Å². The van der Waals surface area contributed by atoms with Crippen LogP contribution in [0.5, 0.6) is 0 Å². The number of benzene rings is 2. The summed E-state index contributed by atoms with van der Waals surface area (Å²) in [6.07, 6.45) is 0.705. The number of carbonyl (C=O) groups excluding carboxylic acids is 1. The van der Waals surface area contributed by atoms with Gasteiger partial charge < -0.3 is 24.3 Å². The van der Waals surface area contributed by atoms with Gasteiger partial charge in [-0.3, -0.25) is 9.69 Å². The number of H-pyrrole nitrogens is 1. The van der Waals surface area contributed by atoms with Crippen LogP contribution in [-0.4, -0.2) is 74.3 Å². The van der Waals surface area contributed by atoms with Crippen molar-refractivity contribution in [1.82, 2.24) is 19.8 Å². The number of nitrogens with zero attached hydrogens (tertiary/aromatic N) is 3. The molecule has 0 radical (unpaired) electrons. The maximum absolute atomic E-state index is 13.8. The number of carboxylic acid groups (broad SMARTS) is 1. The van der Waals surface area contributed by atoms with Crippen LogP contribution in [0.2, 0.25) is 0 Å². The monoisotopic (exact) mass is 532 g/mol. The van der Waals surface area contributed by atoms with Crippen LogP contribution in [0.4, 0.5) is 4.79 Å². The van der Waals surface area contributed by atoms with E-state index in [4.69, 9.17) is 14.3 Å². The zero-order valence-electron chi connectivity index (χ0n) is 23.7. The van der Waals surface area contributed by atoms with Gasteiger partial charge in [0.2, 0.25) is 5.91 Å². The highest BCUT2D eigenvalue weighted by Crippen LogP contribution is 2.53. The first-order chi connectivity index (χ1) is 18.3. The fourth-order valence-electron chi connectivity index (χ4n) is 6.31. The molecule has 1 aliphatic carbocycles. The number of hydrogen-bond acceptors (Lipinski definition) is 5. The lowest BCUT2D eigenvalue weighted by Crippen LogP contribution is -2.52. The van der Waals surface area contributed by atoms with Crippen molar-refractivity contribution in [3.8, 4) is 0 Å². The highest BCUT2D eigenvalue weighted by molar-refractivity contribution is 6.62. The van der Waals surface area contributed by atoms with Gasteiger partial charge in [-0.2, -0.15) is 0 Å². The summed E-state index contributed by atoms with van der Waals surface area (Å²) in [5.41, 5.74) is 1.92. The molecule has 206 valence electrons. The Morgan fingerprint density at radius 2 is 1.82 bits per heavy atom. The highest BCUT2D eigenvalue weighted by Gasteiger charge is 2.57. The summed E-state index contributed by atoms with van der Waals surface area (Å²) in [5, 5.41) is 11.7. The van der Waals surface area contributed by atoms with E-state index in [0.29, 0.717) is 5.92 Å². The molecule has 3 aromatic rings. The lowest BCUT2D eigenvalue weighted by Gasteiger charge is -2.35. The summed E-state index contributed by atoms with van der Waals surface area (Å²) in [7, 11) is 1.04. The van der Waals surface area contributed by atoms with Crippen LogP contribution in [0.1, 0.15) is 66.3 Å². The number of likely N-dealkylation sites (N-methyl/N-ethyl adjacent to an activating group) is 1. The number of fused-ring (bicyclic) bond motifs is 4. The Hall–Kier alpha value is -3.11. The molecule has 6 rings (SSSR count). The standard InChI is InChI=1S/C29H37BN4O5/c1-15(2)24(33(7)27(36)37)26(35)34-21-13-17(21)14-22(34)25-31-20-11-8-16-12-18(9-10-19(16)23(20)32-25)30-38-28(3,4)29(5,6)39-30/h8-12,15,17,21-22,24H,13-14H2,1-7H3,(H,31,32)(H,36,37)/t17-,21-,22+,24+/m1/s1. The number of piperidine rings is 1. The number of hydrogen-bond donors (Lipinski definition) is 2. The van der Waals surface area contributed by atoms with E-state index in [-0.39, 0.29) is 23.9 Å². The zero-order chi connectivity index (χ0) is 28.0. The van der Waals surface area contributed by atoms with E-state index in [9.17, 15) is 14.7 Å². The molecule has 3 aliphatic rings. The smallest absolute Gasteiger partial charge is 0.465 e. The Morgan fingerprint density at radius 1 is 1.13 bits per heavy atom. The molecule has 3 fully saturated rings. The van der Waals surface area contributed by atoms with Crippen LogP contribution in [-0.2, 0) is 14.1 Å². The van der Waals surface area contributed by atoms with Gasteiger partial charge in [0.1, 0.15) is 11.9 Å². The number of imidazole rings is 1. The van der Waals surface area contributed by atoms with E-state index in [2.05, 4.69) is 23.2 Å². The average molecular weight is 532 g/mol. The number of rotatable bonds is 5. The summed E-state index contributed by atoms with van der Waals surface area (Å²) in [5.74, 6) is 0.917. The van der Waals surface area contributed by atoms with Gasteiger partial charge in [0, 0.05) is 18.5 Å². The third-order valence-electron chi connectivity index (χ3n) is 9.31. The molecule has 2 aromatic carbocycles. The van der Waals surface area contributed by atoms with Gasteiger partial charge in [-0.25, -0.2) is 9.78 Å². The van der Waals surface area contributed by atoms with Crippen molar-refractivity contribution in [2.24, 2.45) is 11.8 Å². The van der Waals surface area contributed by atoms with Crippen LogP contribution in [0, 0.1) is 11.8 Å². The second kappa shape index (κ2) is 8.70. The molecule has 1 aromatic heterocycles. The highest BCUT2D eigenvalue weighted by atomic mass is 16.7. The van der Waals surface area contributed by atoms with E-state index in [0.717, 1.165) is 50.8 Å². The topological polar surface area (TPSA) is 108 Å². The lowest BCUT2D eigenvalue weighted by atomic mass is 9.78. The predicted molar refractivity (Wildman–Crippen MR) is 150 cm³/mol. The normalized spacial score (nSPS) is 25.9. The van der Waals surface area contributed by atoms with Crippen molar-refractivity contribution in [1.29, 1.82) is 0 Å². The average Bonchev–Trinajstić information content (AvgIpc) is 3.21. The van der Waals surface area contributed by atoms with Crippen LogP contribution >= 0.6 is 0 Å². The number of carbonyl (C=O) groups is 2. The van der Waals surface area contributed by atoms with Crippen molar-refractivity contribution in [3.05, 3.63) is 36.2 Å². The third-order valence-corrected chi connectivity index (χ3v) is 9.31. The number of aromatic nitrogens is 2. The molecule has 3 heterocycles. The van der Waals surface area contributed by atoms with E-state index in [1.54, 1.807) is 0 Å². The predicted octanol–water partition coefficient (Wildman–Crippen LogP) is 4.31. The molecular formula is C29H37BN4O5. The number of nitrogens with one attached hydrogen (secondary N) is 1. The van der Waals surface area contributed by atoms with Gasteiger partial charge in [-0.05, 0) is 69.3 Å². The van der Waals surface area contributed by atoms with Gasteiger partial charge in [0.05, 0.1) is 28.3 Å². The van der Waals surface area contributed by atoms with Crippen LogP contribution in [0.25, 0.3) is 21.8 Å². The molecule has 9 nitrogen and oxygen atoms in total. The van der Waals surface area contributed by atoms with Gasteiger partial charge >= 0.3 is 13.2 Å². The molecular weight excluding hydrogens is 495 g/mol. The first-order valence-electron chi connectivity index (χ1n) is 13.8. The molecule has 0 spiro atoms. The molecule has 2 N–H and O–H groups in total. The number of aromatic amines is 1. The quantitative estimate of drug-likeness (QED) is 0.475. The summed E-state index contributed by atoms with van der Waals surface area (Å²) in [6, 6.07) is 9.51. The number of likely N-dealkylation sites (tertiary alicyclic amines) is 1. The van der Waals surface area contributed by atoms with Gasteiger partial charge in [0.25, 0.3) is 0 Å². The molecule has 2 aliphatic heterocycles. The largest absolute Gasteiger partial charge is 0.494 e. The molecule has 10 heteroatoms. The molecule has 4 atom stereocenters. The van der Waals surface area contributed by atoms with Crippen LogP contribution in [0.15, 0.2) is 30.3 Å². The first kappa shape index (κ1) is 26.1. The fourth-order valence-corrected chi connectivity index (χ4v) is 6.31. The van der Waals surface area contributed by atoms with Gasteiger partial charge in [-0.1, -0.05) is 38.1 Å². The molecule has 0 unspecified atom stereocenters. The minimum atomic E-state index is -1.10. The second-order valence-corrected chi connectivity index (χ2v) is 12.8. The summed E-state index contributed by atoms with van der Waals surface area (Å²) in [6.45, 7) is 12.0. The number of amides is 2. The van der Waals surface area contributed by atoms with E-state index in [1.165, 1.54) is 7.05 Å². The molecule has 0 bridgehead atoms. The first-order valence-corrected chi connectivity index (χ1v) is 13.8. The minimum Gasteiger partial charge on any atom is -0.465 e. The SMILES string of the molecule is CC(C)[C@@H](C(=O)N1[C@@H]2C[C@@H]2C[C@H]1c1nc2c(ccc3cc(B4OC(C)(C)C(C)(C)O4)ccc32)[nH]1)N(C)C(=O)O. The van der Waals surface area contributed by atoms with E-state index in [1.807, 2.05) is 58.6 Å². The van der Waals surface area contributed by atoms with Crippen LogP contribution < -0.4 is 5.46 Å². The lowest BCUT2D eigenvalue weighted by molar-refractivity contribution is -0.139. The second-order valence-electron chi connectivity index (χ2n) is 12.8. The minimum absolute atomic E-state index is 0.137. The van der Waals surface area contributed by atoms with Crippen molar-refractivity contribution in [2.75, 3.05) is 7.05 Å². The Balaban J connectivity index is 1.33. The third kappa shape index (κ3) is 4.11. The zero-order valence-corrected chi connectivity index (χ0v) is 23.7. The maximum Gasteiger partial charge on any atom is 0.494 e. The van der Waals surface area contributed by atoms with Gasteiger partial charge in [0.15, 0.2) is 0 Å². The fraction of sp³-hybridized carbons (Fsp3) is 0.552. The van der Waals surface area contributed by atoms with Gasteiger partial charge in [-0.15, -0.1) is 0 Å². The summed E-state index contributed by atoms with van der Waals surface area (Å²) < 4.78 is 12.5. The van der Waals surface area contributed by atoms with Crippen molar-refractivity contribution < 1.29 is 24.0 Å². The molecule has 1 saturated carbocycles. The molecule has 2 saturated heterocycles. The Labute approximate surface area is 229 Å². The van der Waals surface area contributed by atoms with Crippen LogP contribution in [0.3, 0.4) is 0 Å². The van der Waals surface area contributed by atoms with Crippen molar-refractivity contribution in [3.63, 3.8) is 0 Å². The van der Waals surface area contributed by atoms with E-state index < -0.39 is 30.5 Å². The molecule has 39 heavy (non-hydrogen) atoms. The molecule has 2 amide bonds. The Morgan fingerprint density at radius 3 is 2.46 bits per heavy atom. The van der Waals surface area contributed by atoms with Crippen molar-refractivity contribution >= 4 is 46.4 Å². The summed E-state index contributed by atoms with van der Waals surface area (Å²) >= 11 is 0. The van der Waals surface area contributed by atoms with Crippen molar-refractivity contribution in [2.45, 2.75) is 83.7 Å².